The number of hydrogen-bond donors (Lipinski definition) is 2. The first kappa shape index (κ1) is 18.5. The monoisotopic (exact) mass is 361 g/mol. The number of carboxylic acid groups (broad SMARTS) is 1. The second-order valence-electron chi connectivity index (χ2n) is 6.26. The highest BCUT2D eigenvalue weighted by Crippen LogP contribution is 2.22. The molecule has 0 aliphatic heterocycles. The van der Waals surface area contributed by atoms with Gasteiger partial charge < -0.3 is 15.2 Å². The minimum absolute atomic E-state index is 0.276. The Morgan fingerprint density at radius 3 is 2.30 bits per heavy atom. The van der Waals surface area contributed by atoms with Crippen molar-refractivity contribution in [3.63, 3.8) is 0 Å². The minimum Gasteiger partial charge on any atom is -0.489 e. The van der Waals surface area contributed by atoms with Crippen molar-refractivity contribution < 1.29 is 14.6 Å². The molecule has 3 rings (SSSR count). The highest BCUT2D eigenvalue weighted by Gasteiger charge is 2.06. The van der Waals surface area contributed by atoms with Gasteiger partial charge in [0.05, 0.1) is 5.56 Å². The largest absolute Gasteiger partial charge is 0.489 e. The zero-order valence-electron chi connectivity index (χ0n) is 15.3. The predicted molar refractivity (Wildman–Crippen MR) is 107 cm³/mol. The molecule has 0 saturated heterocycles. The first-order valence-corrected chi connectivity index (χ1v) is 9.02. The fourth-order valence-electron chi connectivity index (χ4n) is 2.89. The van der Waals surface area contributed by atoms with Crippen LogP contribution in [0.5, 0.6) is 5.75 Å². The van der Waals surface area contributed by atoms with E-state index in [1.807, 2.05) is 30.3 Å². The molecule has 0 heterocycles. The summed E-state index contributed by atoms with van der Waals surface area (Å²) in [6.45, 7) is 3.21. The molecule has 0 saturated carbocycles. The van der Waals surface area contributed by atoms with Gasteiger partial charge >= 0.3 is 5.97 Å². The van der Waals surface area contributed by atoms with Crippen LogP contribution in [0.1, 0.15) is 34.0 Å². The molecule has 4 nitrogen and oxygen atoms in total. The van der Waals surface area contributed by atoms with Crippen LogP contribution in [0.15, 0.2) is 72.8 Å². The zero-order chi connectivity index (χ0) is 19.1. The lowest BCUT2D eigenvalue weighted by atomic mass is 10.1. The Balaban J connectivity index is 1.66. The fourth-order valence-corrected chi connectivity index (χ4v) is 2.89. The van der Waals surface area contributed by atoms with Gasteiger partial charge in [-0.3, -0.25) is 0 Å². The van der Waals surface area contributed by atoms with Crippen LogP contribution in [0, 0.1) is 0 Å². The van der Waals surface area contributed by atoms with Crippen LogP contribution in [-0.4, -0.2) is 11.1 Å². The third-order valence-corrected chi connectivity index (χ3v) is 4.44. The normalized spacial score (nSPS) is 10.4. The lowest BCUT2D eigenvalue weighted by molar-refractivity contribution is 0.0697. The van der Waals surface area contributed by atoms with Gasteiger partial charge in [-0.05, 0) is 41.8 Å². The molecule has 4 heteroatoms. The van der Waals surface area contributed by atoms with E-state index in [9.17, 15) is 4.79 Å². The topological polar surface area (TPSA) is 58.6 Å². The molecule has 0 amide bonds. The van der Waals surface area contributed by atoms with Gasteiger partial charge in [-0.25, -0.2) is 4.79 Å². The lowest BCUT2D eigenvalue weighted by Crippen LogP contribution is -2.05. The van der Waals surface area contributed by atoms with Gasteiger partial charge in [0.2, 0.25) is 0 Å². The third-order valence-electron chi connectivity index (χ3n) is 4.44. The summed E-state index contributed by atoms with van der Waals surface area (Å²) in [6, 6.07) is 23.0. The number of rotatable bonds is 8. The van der Waals surface area contributed by atoms with E-state index in [1.54, 1.807) is 24.3 Å². The van der Waals surface area contributed by atoms with Crippen LogP contribution in [0.3, 0.4) is 0 Å². The van der Waals surface area contributed by atoms with E-state index < -0.39 is 5.97 Å². The highest BCUT2D eigenvalue weighted by molar-refractivity contribution is 5.87. The van der Waals surface area contributed by atoms with Crippen molar-refractivity contribution in [3.05, 3.63) is 95.1 Å². The molecule has 0 spiro atoms. The number of aryl methyl sites for hydroxylation is 1. The highest BCUT2D eigenvalue weighted by atomic mass is 16.5. The van der Waals surface area contributed by atoms with Crippen molar-refractivity contribution in [2.24, 2.45) is 0 Å². The molecular weight excluding hydrogens is 338 g/mol. The smallest absolute Gasteiger partial charge is 0.335 e. The maximum atomic E-state index is 10.9. The van der Waals surface area contributed by atoms with Crippen LogP contribution in [0.25, 0.3) is 0 Å². The molecule has 3 aromatic rings. The van der Waals surface area contributed by atoms with Gasteiger partial charge in [-0.2, -0.15) is 0 Å². The number of hydrogen-bond acceptors (Lipinski definition) is 3. The van der Waals surface area contributed by atoms with Gasteiger partial charge in [0.25, 0.3) is 0 Å². The molecule has 2 N–H and O–H groups in total. The van der Waals surface area contributed by atoms with Crippen molar-refractivity contribution in [1.82, 2.24) is 0 Å². The van der Waals surface area contributed by atoms with Crippen molar-refractivity contribution in [2.45, 2.75) is 26.5 Å². The lowest BCUT2D eigenvalue weighted by Gasteiger charge is -2.14. The summed E-state index contributed by atoms with van der Waals surface area (Å²) in [5.41, 5.74) is 4.70. The standard InChI is InChI=1S/C23H23NO3/c1-2-18-7-3-5-9-21(18)24-15-20-8-4-6-10-22(20)27-16-17-11-13-19(14-12-17)23(25)26/h3-14,24H,2,15-16H2,1H3,(H,25,26). The Hall–Kier alpha value is -3.27. The molecule has 0 atom stereocenters. The van der Waals surface area contributed by atoms with E-state index in [4.69, 9.17) is 9.84 Å². The Morgan fingerprint density at radius 1 is 0.926 bits per heavy atom. The van der Waals surface area contributed by atoms with Crippen LogP contribution < -0.4 is 10.1 Å². The van der Waals surface area contributed by atoms with E-state index in [0.717, 1.165) is 29.0 Å². The summed E-state index contributed by atoms with van der Waals surface area (Å²) in [4.78, 5) is 10.9. The Morgan fingerprint density at radius 2 is 1.59 bits per heavy atom. The van der Waals surface area contributed by atoms with Gasteiger partial charge in [-0.1, -0.05) is 55.5 Å². The van der Waals surface area contributed by atoms with Gasteiger partial charge in [0, 0.05) is 17.8 Å². The van der Waals surface area contributed by atoms with Gasteiger partial charge in [0.15, 0.2) is 0 Å². The molecule has 0 aliphatic rings. The minimum atomic E-state index is -0.925. The summed E-state index contributed by atoms with van der Waals surface area (Å²) in [5.74, 6) is -0.104. The number of carbonyl (C=O) groups is 1. The average molecular weight is 361 g/mol. The first-order valence-electron chi connectivity index (χ1n) is 9.02. The molecule has 0 fully saturated rings. The Bertz CT molecular complexity index is 904. The number of anilines is 1. The number of ether oxygens (including phenoxy) is 1. The summed E-state index contributed by atoms with van der Waals surface area (Å²) in [5, 5.41) is 12.5. The fraction of sp³-hybridized carbons (Fsp3) is 0.174. The van der Waals surface area contributed by atoms with Crippen molar-refractivity contribution in [3.8, 4) is 5.75 Å². The SMILES string of the molecule is CCc1ccccc1NCc1ccccc1OCc1ccc(C(=O)O)cc1. The number of aromatic carboxylic acids is 1. The first-order chi connectivity index (χ1) is 13.2. The number of benzene rings is 3. The van der Waals surface area contributed by atoms with E-state index in [1.165, 1.54) is 5.56 Å². The number of nitrogens with one attached hydrogen (secondary N) is 1. The van der Waals surface area contributed by atoms with Gasteiger partial charge in [0.1, 0.15) is 12.4 Å². The molecule has 3 aromatic carbocycles. The summed E-state index contributed by atoms with van der Waals surface area (Å²) in [7, 11) is 0. The molecule has 27 heavy (non-hydrogen) atoms. The molecule has 0 bridgehead atoms. The van der Waals surface area contributed by atoms with E-state index in [0.29, 0.717) is 13.2 Å². The van der Waals surface area contributed by atoms with E-state index in [2.05, 4.69) is 30.4 Å². The van der Waals surface area contributed by atoms with Crippen LogP contribution >= 0.6 is 0 Å². The van der Waals surface area contributed by atoms with Crippen LogP contribution in [0.2, 0.25) is 0 Å². The quantitative estimate of drug-likeness (QED) is 0.583. The van der Waals surface area contributed by atoms with Crippen molar-refractivity contribution in [1.29, 1.82) is 0 Å². The molecule has 0 radical (unpaired) electrons. The predicted octanol–water partition coefficient (Wildman–Crippen LogP) is 5.14. The molecular formula is C23H23NO3. The molecule has 0 unspecified atom stereocenters. The maximum Gasteiger partial charge on any atom is 0.335 e. The Kier molecular flexibility index (Phi) is 6.10. The Labute approximate surface area is 159 Å². The second-order valence-corrected chi connectivity index (χ2v) is 6.26. The molecule has 0 aliphatic carbocycles. The van der Waals surface area contributed by atoms with Gasteiger partial charge in [-0.15, -0.1) is 0 Å². The molecule has 0 aromatic heterocycles. The van der Waals surface area contributed by atoms with Crippen LogP contribution in [0.4, 0.5) is 5.69 Å². The summed E-state index contributed by atoms with van der Waals surface area (Å²) < 4.78 is 5.98. The summed E-state index contributed by atoms with van der Waals surface area (Å²) >= 11 is 0. The number of carboxylic acids is 1. The number of para-hydroxylation sites is 2. The van der Waals surface area contributed by atoms with Crippen LogP contribution in [-0.2, 0) is 19.6 Å². The average Bonchev–Trinajstić information content (AvgIpc) is 2.71. The van der Waals surface area contributed by atoms with Crippen molar-refractivity contribution >= 4 is 11.7 Å². The third kappa shape index (κ3) is 4.88. The van der Waals surface area contributed by atoms with E-state index >= 15 is 0 Å². The maximum absolute atomic E-state index is 10.9. The molecule has 138 valence electrons. The summed E-state index contributed by atoms with van der Waals surface area (Å²) in [6.07, 6.45) is 0.980. The van der Waals surface area contributed by atoms with Crippen molar-refractivity contribution in [2.75, 3.05) is 5.32 Å². The second kappa shape index (κ2) is 8.90. The zero-order valence-corrected chi connectivity index (χ0v) is 15.3. The van der Waals surface area contributed by atoms with E-state index in [-0.39, 0.29) is 5.56 Å².